The molecule has 0 aliphatic carbocycles. The van der Waals surface area contributed by atoms with Crippen LogP contribution in [-0.2, 0) is 6.54 Å². The fraction of sp³-hybridized carbons (Fsp3) is 0.500. The number of nitrogens with zero attached hydrogens (tertiary/aromatic N) is 4. The highest BCUT2D eigenvalue weighted by molar-refractivity contribution is 7.15. The molecular weight excluding hydrogens is 302 g/mol. The van der Waals surface area contributed by atoms with Crippen molar-refractivity contribution >= 4 is 22.5 Å². The van der Waals surface area contributed by atoms with Gasteiger partial charge in [-0.3, -0.25) is 10.2 Å². The summed E-state index contributed by atoms with van der Waals surface area (Å²) < 4.78 is 5.08. The van der Waals surface area contributed by atoms with Crippen molar-refractivity contribution in [3.63, 3.8) is 0 Å². The number of thiazole rings is 1. The van der Waals surface area contributed by atoms with Gasteiger partial charge in [0.15, 0.2) is 5.13 Å². The number of carbonyl (C=O) groups excluding carboxylic acids is 1. The predicted molar refractivity (Wildman–Crippen MR) is 84.0 cm³/mol. The van der Waals surface area contributed by atoms with Crippen LogP contribution in [0.3, 0.4) is 0 Å². The minimum Gasteiger partial charge on any atom is -0.361 e. The SMILES string of the molecule is Cc1cc(CN2CCN(C(=O)Nc3ncc(C)s3)CC2)no1. The summed E-state index contributed by atoms with van der Waals surface area (Å²) in [6.45, 7) is 7.68. The van der Waals surface area contributed by atoms with Crippen LogP contribution >= 0.6 is 11.3 Å². The molecule has 0 unspecified atom stereocenters. The molecule has 1 aliphatic rings. The number of piperazine rings is 1. The van der Waals surface area contributed by atoms with Gasteiger partial charge in [-0.1, -0.05) is 5.16 Å². The van der Waals surface area contributed by atoms with Crippen molar-refractivity contribution in [2.24, 2.45) is 0 Å². The fourth-order valence-corrected chi connectivity index (χ4v) is 3.07. The Hall–Kier alpha value is -1.93. The van der Waals surface area contributed by atoms with Gasteiger partial charge >= 0.3 is 6.03 Å². The van der Waals surface area contributed by atoms with Gasteiger partial charge in [0.2, 0.25) is 0 Å². The Bertz CT molecular complexity index is 645. The molecule has 7 nitrogen and oxygen atoms in total. The quantitative estimate of drug-likeness (QED) is 0.937. The third kappa shape index (κ3) is 3.63. The van der Waals surface area contributed by atoms with E-state index in [-0.39, 0.29) is 6.03 Å². The standard InChI is InChI=1S/C14H19N5O2S/c1-10-7-12(17-21-10)9-18-3-5-19(6-4-18)14(20)16-13-15-8-11(2)22-13/h7-8H,3-6,9H2,1-2H3,(H,15,16,20). The lowest BCUT2D eigenvalue weighted by Gasteiger charge is -2.33. The molecule has 1 saturated heterocycles. The molecule has 3 heterocycles. The number of carbonyl (C=O) groups is 1. The number of hydrogen-bond acceptors (Lipinski definition) is 6. The molecule has 1 aliphatic heterocycles. The summed E-state index contributed by atoms with van der Waals surface area (Å²) in [6.07, 6.45) is 1.76. The van der Waals surface area contributed by atoms with Crippen molar-refractivity contribution in [1.82, 2.24) is 19.9 Å². The first-order valence-electron chi connectivity index (χ1n) is 7.23. The molecule has 2 amide bonds. The lowest BCUT2D eigenvalue weighted by Crippen LogP contribution is -2.49. The van der Waals surface area contributed by atoms with Crippen molar-refractivity contribution in [3.8, 4) is 0 Å². The molecule has 118 valence electrons. The largest absolute Gasteiger partial charge is 0.361 e. The minimum absolute atomic E-state index is 0.0775. The first-order valence-corrected chi connectivity index (χ1v) is 8.05. The number of aromatic nitrogens is 2. The topological polar surface area (TPSA) is 74.5 Å². The molecule has 22 heavy (non-hydrogen) atoms. The smallest absolute Gasteiger partial charge is 0.323 e. The molecule has 0 atom stereocenters. The lowest BCUT2D eigenvalue weighted by atomic mass is 10.3. The summed E-state index contributed by atoms with van der Waals surface area (Å²) in [4.78, 5) is 21.5. The number of anilines is 1. The van der Waals surface area contributed by atoms with Gasteiger partial charge in [0.05, 0.1) is 5.69 Å². The molecule has 3 rings (SSSR count). The van der Waals surface area contributed by atoms with Gasteiger partial charge in [-0.2, -0.15) is 0 Å². The maximum Gasteiger partial charge on any atom is 0.323 e. The Morgan fingerprint density at radius 2 is 2.14 bits per heavy atom. The van der Waals surface area contributed by atoms with E-state index in [2.05, 4.69) is 20.4 Å². The van der Waals surface area contributed by atoms with Gasteiger partial charge in [-0.15, -0.1) is 11.3 Å². The highest BCUT2D eigenvalue weighted by Gasteiger charge is 2.22. The van der Waals surface area contributed by atoms with Crippen LogP contribution in [0.1, 0.15) is 16.3 Å². The Balaban J connectivity index is 1.47. The number of aryl methyl sites for hydroxylation is 2. The van der Waals surface area contributed by atoms with Crippen LogP contribution in [0, 0.1) is 13.8 Å². The van der Waals surface area contributed by atoms with E-state index in [1.54, 1.807) is 6.20 Å². The van der Waals surface area contributed by atoms with E-state index in [9.17, 15) is 4.79 Å². The molecule has 8 heteroatoms. The molecule has 1 N–H and O–H groups in total. The van der Waals surface area contributed by atoms with Gasteiger partial charge in [-0.25, -0.2) is 9.78 Å². The molecule has 0 aromatic carbocycles. The number of nitrogens with one attached hydrogen (secondary N) is 1. The lowest BCUT2D eigenvalue weighted by molar-refractivity contribution is 0.141. The zero-order chi connectivity index (χ0) is 15.5. The third-order valence-corrected chi connectivity index (χ3v) is 4.39. The zero-order valence-electron chi connectivity index (χ0n) is 12.7. The van der Waals surface area contributed by atoms with Crippen molar-refractivity contribution in [2.75, 3.05) is 31.5 Å². The van der Waals surface area contributed by atoms with Crippen LogP contribution in [-0.4, -0.2) is 52.2 Å². The Morgan fingerprint density at radius 3 is 2.73 bits per heavy atom. The average molecular weight is 321 g/mol. The molecule has 1 fully saturated rings. The summed E-state index contributed by atoms with van der Waals surface area (Å²) in [5.74, 6) is 0.826. The zero-order valence-corrected chi connectivity index (χ0v) is 13.5. The fourth-order valence-electron chi connectivity index (χ4n) is 2.41. The van der Waals surface area contributed by atoms with Crippen molar-refractivity contribution in [2.45, 2.75) is 20.4 Å². The summed E-state index contributed by atoms with van der Waals surface area (Å²) in [5, 5.41) is 7.51. The monoisotopic (exact) mass is 321 g/mol. The van der Waals surface area contributed by atoms with Crippen LogP contribution < -0.4 is 5.32 Å². The third-order valence-electron chi connectivity index (χ3n) is 3.56. The highest BCUT2D eigenvalue weighted by atomic mass is 32.1. The molecule has 0 saturated carbocycles. The van der Waals surface area contributed by atoms with Gasteiger partial charge < -0.3 is 9.42 Å². The average Bonchev–Trinajstić information content (AvgIpc) is 3.08. The molecule has 2 aromatic rings. The van der Waals surface area contributed by atoms with Crippen molar-refractivity contribution in [3.05, 3.63) is 28.6 Å². The van der Waals surface area contributed by atoms with E-state index in [1.807, 2.05) is 24.8 Å². The van der Waals surface area contributed by atoms with Gasteiger partial charge in [0, 0.05) is 49.9 Å². The normalized spacial score (nSPS) is 16.0. The molecule has 0 bridgehead atoms. The van der Waals surface area contributed by atoms with E-state index >= 15 is 0 Å². The molecular formula is C14H19N5O2S. The Labute approximate surface area is 132 Å². The highest BCUT2D eigenvalue weighted by Crippen LogP contribution is 2.17. The first-order chi connectivity index (χ1) is 10.6. The maximum absolute atomic E-state index is 12.2. The van der Waals surface area contributed by atoms with Gasteiger partial charge in [-0.05, 0) is 13.8 Å². The van der Waals surface area contributed by atoms with Crippen LogP contribution in [0.4, 0.5) is 9.93 Å². The van der Waals surface area contributed by atoms with E-state index < -0.39 is 0 Å². The second-order valence-electron chi connectivity index (χ2n) is 5.40. The van der Waals surface area contributed by atoms with Gasteiger partial charge in [0.25, 0.3) is 0 Å². The number of rotatable bonds is 3. The summed E-state index contributed by atoms with van der Waals surface area (Å²) in [7, 11) is 0. The van der Waals surface area contributed by atoms with E-state index in [0.29, 0.717) is 18.2 Å². The molecule has 2 aromatic heterocycles. The summed E-state index contributed by atoms with van der Waals surface area (Å²) in [5.41, 5.74) is 0.939. The van der Waals surface area contributed by atoms with E-state index in [0.717, 1.165) is 36.0 Å². The molecule has 0 spiro atoms. The van der Waals surface area contributed by atoms with Gasteiger partial charge in [0.1, 0.15) is 5.76 Å². The number of hydrogen-bond donors (Lipinski definition) is 1. The summed E-state index contributed by atoms with van der Waals surface area (Å²) in [6, 6.07) is 1.87. The first kappa shape index (κ1) is 15.0. The second-order valence-corrected chi connectivity index (χ2v) is 6.63. The minimum atomic E-state index is -0.0775. The summed E-state index contributed by atoms with van der Waals surface area (Å²) >= 11 is 1.49. The Kier molecular flexibility index (Phi) is 4.39. The number of urea groups is 1. The number of amides is 2. The van der Waals surface area contributed by atoms with Crippen LogP contribution in [0.15, 0.2) is 16.8 Å². The predicted octanol–water partition coefficient (Wildman–Crippen LogP) is 2.10. The Morgan fingerprint density at radius 1 is 1.36 bits per heavy atom. The second kappa shape index (κ2) is 6.45. The van der Waals surface area contributed by atoms with E-state index in [4.69, 9.17) is 4.52 Å². The van der Waals surface area contributed by atoms with E-state index in [1.165, 1.54) is 11.3 Å². The van der Waals surface area contributed by atoms with Crippen molar-refractivity contribution in [1.29, 1.82) is 0 Å². The van der Waals surface area contributed by atoms with Crippen LogP contribution in [0.5, 0.6) is 0 Å². The molecule has 0 radical (unpaired) electrons. The van der Waals surface area contributed by atoms with Crippen molar-refractivity contribution < 1.29 is 9.32 Å². The van der Waals surface area contributed by atoms with Crippen LogP contribution in [0.2, 0.25) is 0 Å². The van der Waals surface area contributed by atoms with Crippen LogP contribution in [0.25, 0.3) is 0 Å². The maximum atomic E-state index is 12.2.